The molecular weight excluding hydrogens is 685 g/mol. The lowest BCUT2D eigenvalue weighted by molar-refractivity contribution is -0.208. The standard InChI is InChI=1S/C32H39F3N6O8S/c1-16(42)47-14-25-30(48-17(2)43)28(41-12-23(37-39-41)19-9-20(33)27(35)21(34)10-19)31(45-3)32(49-25)50-26-15-46-13-24(29(26)44)40-11-22(36-38-40)18-7-5-4-6-8-18/h9-12,18,24-26,28-32,44H,4-8,13-15H2,1-3H3/t24-,25+,26+,28-,29+,30-,31+,32-/m0/s1. The van der Waals surface area contributed by atoms with Gasteiger partial charge in [-0.25, -0.2) is 22.5 Å². The van der Waals surface area contributed by atoms with E-state index in [0.29, 0.717) is 5.92 Å². The number of carbonyl (C=O) groups excluding carboxylic acids is 2. The number of aliphatic hydroxyl groups excluding tert-OH is 1. The molecule has 6 rings (SSSR count). The molecule has 2 saturated heterocycles. The minimum Gasteiger partial charge on any atom is -0.463 e. The Hall–Kier alpha value is -3.58. The lowest BCUT2D eigenvalue weighted by Gasteiger charge is -2.46. The van der Waals surface area contributed by atoms with Crippen LogP contribution in [0.3, 0.4) is 0 Å². The molecule has 1 saturated carbocycles. The number of thioether (sulfide) groups is 1. The summed E-state index contributed by atoms with van der Waals surface area (Å²) in [5, 5.41) is 28.0. The molecule has 3 fully saturated rings. The zero-order valence-corrected chi connectivity index (χ0v) is 28.5. The van der Waals surface area contributed by atoms with Gasteiger partial charge in [-0.3, -0.25) is 9.59 Å². The third-order valence-electron chi connectivity index (χ3n) is 9.28. The van der Waals surface area contributed by atoms with E-state index in [1.165, 1.54) is 50.0 Å². The minimum atomic E-state index is -1.63. The number of benzene rings is 1. The van der Waals surface area contributed by atoms with Gasteiger partial charge >= 0.3 is 11.9 Å². The number of ether oxygens (including phenoxy) is 5. The summed E-state index contributed by atoms with van der Waals surface area (Å²) < 4.78 is 74.1. The molecule has 50 heavy (non-hydrogen) atoms. The van der Waals surface area contributed by atoms with Crippen LogP contribution in [0.25, 0.3) is 11.3 Å². The SMILES string of the molecule is CO[C@@H]1[C@@H](n2cc(-c3cc(F)c(F)c(F)c3)nn2)[C@@H](OC(C)=O)[C@@H](COC(C)=O)O[C@H]1S[C@@H]1COC[C@H](n2cc(C3CCCCC3)nn2)[C@H]1O. The predicted molar refractivity (Wildman–Crippen MR) is 169 cm³/mol. The highest BCUT2D eigenvalue weighted by Crippen LogP contribution is 2.42. The van der Waals surface area contributed by atoms with Gasteiger partial charge in [-0.1, -0.05) is 29.7 Å². The van der Waals surface area contributed by atoms with E-state index in [-0.39, 0.29) is 31.1 Å². The van der Waals surface area contributed by atoms with Gasteiger partial charge in [-0.05, 0) is 25.0 Å². The Morgan fingerprint density at radius 3 is 2.38 bits per heavy atom. The first-order valence-electron chi connectivity index (χ1n) is 16.4. The average Bonchev–Trinajstić information content (AvgIpc) is 3.79. The van der Waals surface area contributed by atoms with E-state index < -0.39 is 76.6 Å². The van der Waals surface area contributed by atoms with Crippen LogP contribution in [0.2, 0.25) is 0 Å². The van der Waals surface area contributed by atoms with E-state index in [0.717, 1.165) is 43.5 Å². The molecule has 1 aromatic carbocycles. The van der Waals surface area contributed by atoms with Crippen molar-refractivity contribution in [2.45, 2.75) is 99.1 Å². The molecule has 8 atom stereocenters. The molecule has 3 aromatic rings. The molecule has 0 bridgehead atoms. The van der Waals surface area contributed by atoms with E-state index in [1.807, 2.05) is 6.20 Å². The van der Waals surface area contributed by atoms with Crippen molar-refractivity contribution < 1.29 is 51.6 Å². The van der Waals surface area contributed by atoms with Gasteiger partial charge in [0.15, 0.2) is 23.6 Å². The summed E-state index contributed by atoms with van der Waals surface area (Å²) in [6.07, 6.45) is 4.73. The zero-order valence-electron chi connectivity index (χ0n) is 27.7. The fourth-order valence-corrected chi connectivity index (χ4v) is 8.29. The highest BCUT2D eigenvalue weighted by Gasteiger charge is 2.52. The fraction of sp³-hybridized carbons (Fsp3) is 0.625. The van der Waals surface area contributed by atoms with Crippen molar-refractivity contribution in [1.82, 2.24) is 30.0 Å². The van der Waals surface area contributed by atoms with Gasteiger partial charge in [0.1, 0.15) is 42.0 Å². The molecule has 272 valence electrons. The van der Waals surface area contributed by atoms with Gasteiger partial charge in [0.2, 0.25) is 0 Å². The Kier molecular flexibility index (Phi) is 11.4. The largest absolute Gasteiger partial charge is 0.463 e. The van der Waals surface area contributed by atoms with E-state index in [9.17, 15) is 27.9 Å². The number of halogens is 3. The quantitative estimate of drug-likeness (QED) is 0.239. The Labute approximate surface area is 289 Å². The molecule has 0 unspecified atom stereocenters. The second kappa shape index (κ2) is 15.8. The second-order valence-electron chi connectivity index (χ2n) is 12.7. The van der Waals surface area contributed by atoms with E-state index >= 15 is 0 Å². The van der Waals surface area contributed by atoms with Crippen LogP contribution in [0.4, 0.5) is 13.2 Å². The molecule has 2 aromatic heterocycles. The Morgan fingerprint density at radius 1 is 0.980 bits per heavy atom. The zero-order chi connectivity index (χ0) is 35.5. The molecule has 14 nitrogen and oxygen atoms in total. The van der Waals surface area contributed by atoms with Gasteiger partial charge in [-0.15, -0.1) is 22.0 Å². The van der Waals surface area contributed by atoms with Gasteiger partial charge in [0, 0.05) is 38.6 Å². The van der Waals surface area contributed by atoms with E-state index in [1.54, 1.807) is 4.68 Å². The summed E-state index contributed by atoms with van der Waals surface area (Å²) in [7, 11) is 1.41. The normalized spacial score (nSPS) is 29.1. The van der Waals surface area contributed by atoms with Crippen LogP contribution in [-0.4, -0.2) is 109 Å². The summed E-state index contributed by atoms with van der Waals surface area (Å²) in [4.78, 5) is 24.2. The highest BCUT2D eigenvalue weighted by atomic mass is 32.2. The molecule has 1 N–H and O–H groups in total. The first kappa shape index (κ1) is 36.2. The van der Waals surface area contributed by atoms with Crippen molar-refractivity contribution in [3.8, 4) is 11.3 Å². The summed E-state index contributed by atoms with van der Waals surface area (Å²) in [6, 6.07) is 0.0406. The summed E-state index contributed by atoms with van der Waals surface area (Å²) in [5.41, 5.74) is -0.0896. The average molecular weight is 725 g/mol. The molecule has 2 aliphatic heterocycles. The Morgan fingerprint density at radius 2 is 1.70 bits per heavy atom. The van der Waals surface area contributed by atoms with Crippen LogP contribution in [0.5, 0.6) is 0 Å². The van der Waals surface area contributed by atoms with Crippen molar-refractivity contribution >= 4 is 23.7 Å². The second-order valence-corrected chi connectivity index (χ2v) is 14.0. The summed E-state index contributed by atoms with van der Waals surface area (Å²) in [5.74, 6) is -5.40. The smallest absolute Gasteiger partial charge is 0.303 e. The van der Waals surface area contributed by atoms with Crippen LogP contribution in [0, 0.1) is 17.5 Å². The number of aliphatic hydroxyl groups is 1. The molecule has 4 heterocycles. The number of rotatable bonds is 10. The number of hydrogen-bond donors (Lipinski definition) is 1. The number of hydrogen-bond acceptors (Lipinski definition) is 13. The van der Waals surface area contributed by atoms with Crippen molar-refractivity contribution in [3.63, 3.8) is 0 Å². The minimum absolute atomic E-state index is 0.00849. The monoisotopic (exact) mass is 724 g/mol. The first-order chi connectivity index (χ1) is 24.0. The van der Waals surface area contributed by atoms with Crippen LogP contribution < -0.4 is 0 Å². The molecule has 0 amide bonds. The van der Waals surface area contributed by atoms with Gasteiger partial charge in [0.25, 0.3) is 0 Å². The molecular formula is C32H39F3N6O8S. The molecule has 1 aliphatic carbocycles. The van der Waals surface area contributed by atoms with E-state index in [2.05, 4.69) is 20.6 Å². The Balaban J connectivity index is 1.29. The number of aromatic nitrogens is 6. The topological polar surface area (TPSA) is 162 Å². The van der Waals surface area contributed by atoms with Crippen LogP contribution in [-0.2, 0) is 33.3 Å². The number of esters is 2. The third-order valence-corrected chi connectivity index (χ3v) is 10.7. The first-order valence-corrected chi connectivity index (χ1v) is 17.4. The predicted octanol–water partition coefficient (Wildman–Crippen LogP) is 3.51. The van der Waals surface area contributed by atoms with Crippen molar-refractivity contribution in [2.75, 3.05) is 26.9 Å². The van der Waals surface area contributed by atoms with Crippen LogP contribution >= 0.6 is 11.8 Å². The lowest BCUT2D eigenvalue weighted by Crippen LogP contribution is -2.58. The lowest BCUT2D eigenvalue weighted by atomic mass is 9.87. The fourth-order valence-electron chi connectivity index (χ4n) is 6.80. The van der Waals surface area contributed by atoms with Crippen LogP contribution in [0.1, 0.15) is 69.6 Å². The van der Waals surface area contributed by atoms with Crippen molar-refractivity contribution in [3.05, 3.63) is 47.7 Å². The molecule has 3 aliphatic rings. The number of methoxy groups -OCH3 is 1. The Bertz CT molecular complexity index is 1630. The number of carbonyl (C=O) groups is 2. The maximum atomic E-state index is 14.1. The van der Waals surface area contributed by atoms with Crippen molar-refractivity contribution in [1.29, 1.82) is 0 Å². The van der Waals surface area contributed by atoms with Gasteiger partial charge in [0.05, 0.1) is 36.5 Å². The summed E-state index contributed by atoms with van der Waals surface area (Å²) in [6.45, 7) is 2.46. The van der Waals surface area contributed by atoms with Crippen LogP contribution in [0.15, 0.2) is 24.5 Å². The maximum Gasteiger partial charge on any atom is 0.303 e. The summed E-state index contributed by atoms with van der Waals surface area (Å²) >= 11 is 1.21. The number of nitrogens with zero attached hydrogens (tertiary/aromatic N) is 6. The third kappa shape index (κ3) is 7.83. The molecule has 18 heteroatoms. The van der Waals surface area contributed by atoms with E-state index in [4.69, 9.17) is 23.7 Å². The highest BCUT2D eigenvalue weighted by molar-refractivity contribution is 8.00. The van der Waals surface area contributed by atoms with Crippen molar-refractivity contribution in [2.24, 2.45) is 0 Å². The molecule has 0 spiro atoms. The van der Waals surface area contributed by atoms with Gasteiger partial charge < -0.3 is 28.8 Å². The molecule has 0 radical (unpaired) electrons. The van der Waals surface area contributed by atoms with Gasteiger partial charge in [-0.2, -0.15) is 0 Å². The maximum absolute atomic E-state index is 14.1.